The van der Waals surface area contributed by atoms with E-state index in [1.54, 1.807) is 0 Å². The number of aryl methyl sites for hydroxylation is 1. The van der Waals surface area contributed by atoms with Gasteiger partial charge >= 0.3 is 0 Å². The highest BCUT2D eigenvalue weighted by molar-refractivity contribution is 5.82. The van der Waals surface area contributed by atoms with E-state index in [1.807, 2.05) is 0 Å². The predicted molar refractivity (Wildman–Crippen MR) is 110 cm³/mol. The number of amides is 1. The fourth-order valence-electron chi connectivity index (χ4n) is 4.43. The molecule has 4 heteroatoms. The molecule has 1 fully saturated rings. The van der Waals surface area contributed by atoms with Crippen LogP contribution in [0.4, 0.5) is 5.69 Å². The fourth-order valence-corrected chi connectivity index (χ4v) is 4.43. The molecule has 2 heterocycles. The van der Waals surface area contributed by atoms with Crippen molar-refractivity contribution >= 4 is 11.6 Å². The molecule has 4 rings (SSSR count). The van der Waals surface area contributed by atoms with Crippen molar-refractivity contribution in [3.05, 3.63) is 65.2 Å². The van der Waals surface area contributed by atoms with Crippen molar-refractivity contribution in [3.63, 3.8) is 0 Å². The molecule has 2 aliphatic rings. The number of fused-ring (bicyclic) bond motifs is 1. The molecule has 0 radical (unpaired) electrons. The van der Waals surface area contributed by atoms with Crippen LogP contribution in [0.25, 0.3) is 0 Å². The van der Waals surface area contributed by atoms with Crippen LogP contribution in [0, 0.1) is 6.92 Å². The van der Waals surface area contributed by atoms with Crippen LogP contribution in [0.2, 0.25) is 0 Å². The van der Waals surface area contributed by atoms with E-state index >= 15 is 0 Å². The molecule has 0 spiro atoms. The highest BCUT2D eigenvalue weighted by atomic mass is 16.2. The third-order valence-electron chi connectivity index (χ3n) is 5.80. The molecule has 1 amide bonds. The number of para-hydroxylation sites is 1. The van der Waals surface area contributed by atoms with Gasteiger partial charge in [-0.1, -0.05) is 48.0 Å². The zero-order valence-electron chi connectivity index (χ0n) is 16.2. The number of rotatable bonds is 6. The van der Waals surface area contributed by atoms with Crippen molar-refractivity contribution in [3.8, 4) is 0 Å². The number of nitrogens with one attached hydrogen (secondary N) is 1. The second kappa shape index (κ2) is 8.13. The van der Waals surface area contributed by atoms with Crippen LogP contribution in [-0.2, 0) is 17.8 Å². The molecule has 1 atom stereocenters. The van der Waals surface area contributed by atoms with Crippen LogP contribution in [0.5, 0.6) is 0 Å². The highest BCUT2D eigenvalue weighted by Crippen LogP contribution is 2.26. The standard InChI is InChI=1S/C23H29N3O/c1-18-6-4-7-19(16-18)17-26-13-5-10-22(26)23(27)24-12-15-25-14-11-20-8-2-3-9-21(20)25/h2-4,6-9,16,22H,5,10-15,17H2,1H3,(H,24,27). The van der Waals surface area contributed by atoms with E-state index in [0.717, 1.165) is 45.4 Å². The molecule has 142 valence electrons. The smallest absolute Gasteiger partial charge is 0.237 e. The molecule has 1 N–H and O–H groups in total. The van der Waals surface area contributed by atoms with Gasteiger partial charge in [0.2, 0.25) is 5.91 Å². The summed E-state index contributed by atoms with van der Waals surface area (Å²) in [5.41, 5.74) is 5.32. The van der Waals surface area contributed by atoms with E-state index in [-0.39, 0.29) is 11.9 Å². The maximum atomic E-state index is 12.8. The van der Waals surface area contributed by atoms with Crippen molar-refractivity contribution < 1.29 is 4.79 Å². The largest absolute Gasteiger partial charge is 0.369 e. The molecule has 2 aromatic rings. The normalized spacial score (nSPS) is 19.3. The first-order valence-corrected chi connectivity index (χ1v) is 10.1. The number of carbonyl (C=O) groups excluding carboxylic acids is 1. The lowest BCUT2D eigenvalue weighted by atomic mass is 10.1. The van der Waals surface area contributed by atoms with Gasteiger partial charge in [-0.25, -0.2) is 0 Å². The summed E-state index contributed by atoms with van der Waals surface area (Å²) in [4.78, 5) is 17.5. The van der Waals surface area contributed by atoms with Crippen molar-refractivity contribution in [2.24, 2.45) is 0 Å². The van der Waals surface area contributed by atoms with Gasteiger partial charge in [0.15, 0.2) is 0 Å². The number of anilines is 1. The number of hydrogen-bond donors (Lipinski definition) is 1. The van der Waals surface area contributed by atoms with E-state index in [0.29, 0.717) is 6.54 Å². The predicted octanol–water partition coefficient (Wildman–Crippen LogP) is 3.14. The maximum Gasteiger partial charge on any atom is 0.237 e. The molecule has 0 aromatic heterocycles. The minimum Gasteiger partial charge on any atom is -0.369 e. The Labute approximate surface area is 162 Å². The summed E-state index contributed by atoms with van der Waals surface area (Å²) in [7, 11) is 0. The summed E-state index contributed by atoms with van der Waals surface area (Å²) >= 11 is 0. The quantitative estimate of drug-likeness (QED) is 0.856. The lowest BCUT2D eigenvalue weighted by Gasteiger charge is -2.25. The molecule has 2 aliphatic heterocycles. The summed E-state index contributed by atoms with van der Waals surface area (Å²) in [6.45, 7) is 6.63. The van der Waals surface area contributed by atoms with Crippen LogP contribution in [0.15, 0.2) is 48.5 Å². The third-order valence-corrected chi connectivity index (χ3v) is 5.80. The van der Waals surface area contributed by atoms with E-state index in [2.05, 4.69) is 70.6 Å². The molecule has 4 nitrogen and oxygen atoms in total. The van der Waals surface area contributed by atoms with Crippen LogP contribution in [0.1, 0.15) is 29.5 Å². The van der Waals surface area contributed by atoms with Gasteiger partial charge in [0, 0.05) is 31.9 Å². The Morgan fingerprint density at radius 1 is 1.15 bits per heavy atom. The number of hydrogen-bond acceptors (Lipinski definition) is 3. The summed E-state index contributed by atoms with van der Waals surface area (Å²) in [6, 6.07) is 17.2. The molecule has 2 aromatic carbocycles. The second-order valence-corrected chi connectivity index (χ2v) is 7.77. The Kier molecular flexibility index (Phi) is 5.44. The monoisotopic (exact) mass is 363 g/mol. The van der Waals surface area contributed by atoms with Crippen LogP contribution in [-0.4, -0.2) is 43.0 Å². The third kappa shape index (κ3) is 4.16. The number of benzene rings is 2. The average molecular weight is 364 g/mol. The Morgan fingerprint density at radius 2 is 2.04 bits per heavy atom. The fraction of sp³-hybridized carbons (Fsp3) is 0.435. The Balaban J connectivity index is 1.29. The van der Waals surface area contributed by atoms with Crippen molar-refractivity contribution in [2.75, 3.05) is 31.1 Å². The minimum atomic E-state index is 0.0105. The van der Waals surface area contributed by atoms with Crippen molar-refractivity contribution in [2.45, 2.75) is 38.8 Å². The summed E-state index contributed by atoms with van der Waals surface area (Å²) in [5, 5.41) is 3.19. The molecular weight excluding hydrogens is 334 g/mol. The molecular formula is C23H29N3O. The van der Waals surface area contributed by atoms with E-state index in [9.17, 15) is 4.79 Å². The van der Waals surface area contributed by atoms with Crippen LogP contribution in [0.3, 0.4) is 0 Å². The van der Waals surface area contributed by atoms with Gasteiger partial charge in [-0.3, -0.25) is 9.69 Å². The lowest BCUT2D eigenvalue weighted by Crippen LogP contribution is -2.45. The zero-order chi connectivity index (χ0) is 18.6. The molecule has 0 aliphatic carbocycles. The van der Waals surface area contributed by atoms with Gasteiger partial charge in [0.1, 0.15) is 0 Å². The first kappa shape index (κ1) is 18.1. The van der Waals surface area contributed by atoms with Crippen LogP contribution >= 0.6 is 0 Å². The van der Waals surface area contributed by atoms with Crippen LogP contribution < -0.4 is 10.2 Å². The summed E-state index contributed by atoms with van der Waals surface area (Å²) in [6.07, 6.45) is 3.17. The van der Waals surface area contributed by atoms with Gasteiger partial charge in [-0.2, -0.15) is 0 Å². The van der Waals surface area contributed by atoms with Gasteiger partial charge < -0.3 is 10.2 Å². The van der Waals surface area contributed by atoms with E-state index in [1.165, 1.54) is 22.4 Å². The summed E-state index contributed by atoms with van der Waals surface area (Å²) < 4.78 is 0. The Bertz CT molecular complexity index is 804. The topological polar surface area (TPSA) is 35.6 Å². The van der Waals surface area contributed by atoms with Gasteiger partial charge in [-0.15, -0.1) is 0 Å². The van der Waals surface area contributed by atoms with Crippen molar-refractivity contribution in [1.29, 1.82) is 0 Å². The average Bonchev–Trinajstić information content (AvgIpc) is 3.29. The zero-order valence-corrected chi connectivity index (χ0v) is 16.2. The molecule has 1 saturated heterocycles. The van der Waals surface area contributed by atoms with E-state index < -0.39 is 0 Å². The lowest BCUT2D eigenvalue weighted by molar-refractivity contribution is -0.125. The molecule has 27 heavy (non-hydrogen) atoms. The van der Waals surface area contributed by atoms with Gasteiger partial charge in [-0.05, 0) is 49.9 Å². The first-order chi connectivity index (χ1) is 13.2. The van der Waals surface area contributed by atoms with E-state index in [4.69, 9.17) is 0 Å². The second-order valence-electron chi connectivity index (χ2n) is 7.77. The molecule has 0 bridgehead atoms. The van der Waals surface area contributed by atoms with Gasteiger partial charge in [0.05, 0.1) is 6.04 Å². The first-order valence-electron chi connectivity index (χ1n) is 10.1. The number of likely N-dealkylation sites (tertiary alicyclic amines) is 1. The molecule has 0 saturated carbocycles. The van der Waals surface area contributed by atoms with Gasteiger partial charge in [0.25, 0.3) is 0 Å². The summed E-state index contributed by atoms with van der Waals surface area (Å²) in [5.74, 6) is 0.188. The highest BCUT2D eigenvalue weighted by Gasteiger charge is 2.30. The Morgan fingerprint density at radius 3 is 2.93 bits per heavy atom. The minimum absolute atomic E-state index is 0.0105. The van der Waals surface area contributed by atoms with Crippen molar-refractivity contribution in [1.82, 2.24) is 10.2 Å². The number of carbonyl (C=O) groups is 1. The Hall–Kier alpha value is -2.33. The maximum absolute atomic E-state index is 12.8. The number of nitrogens with zero attached hydrogens (tertiary/aromatic N) is 2. The SMILES string of the molecule is Cc1cccc(CN2CCCC2C(=O)NCCN2CCc3ccccc32)c1. The molecule has 1 unspecified atom stereocenters.